The SMILES string of the molecule is CC1CCC(CO)(NC(=O)c2ccc(Cl)o2)CC1. The van der Waals surface area contributed by atoms with Gasteiger partial charge in [0.05, 0.1) is 12.1 Å². The van der Waals surface area contributed by atoms with Crippen LogP contribution in [0.2, 0.25) is 5.22 Å². The normalized spacial score (nSPS) is 28.1. The van der Waals surface area contributed by atoms with Crippen molar-refractivity contribution in [3.63, 3.8) is 0 Å². The first-order chi connectivity index (χ1) is 8.54. The summed E-state index contributed by atoms with van der Waals surface area (Å²) in [7, 11) is 0. The van der Waals surface area contributed by atoms with Gasteiger partial charge in [-0.05, 0) is 55.3 Å². The lowest BCUT2D eigenvalue weighted by molar-refractivity contribution is 0.0693. The minimum atomic E-state index is -0.511. The first-order valence-corrected chi connectivity index (χ1v) is 6.61. The topological polar surface area (TPSA) is 62.5 Å². The van der Waals surface area contributed by atoms with Crippen LogP contribution >= 0.6 is 11.6 Å². The van der Waals surface area contributed by atoms with E-state index in [1.165, 1.54) is 12.1 Å². The van der Waals surface area contributed by atoms with Gasteiger partial charge in [0.1, 0.15) is 0 Å². The number of hydrogen-bond acceptors (Lipinski definition) is 3. The van der Waals surface area contributed by atoms with E-state index in [1.807, 2.05) is 0 Å². The molecule has 18 heavy (non-hydrogen) atoms. The van der Waals surface area contributed by atoms with Crippen molar-refractivity contribution in [2.45, 2.75) is 38.1 Å². The molecule has 4 nitrogen and oxygen atoms in total. The summed E-state index contributed by atoms with van der Waals surface area (Å²) in [4.78, 5) is 12.0. The predicted molar refractivity (Wildman–Crippen MR) is 68.6 cm³/mol. The van der Waals surface area contributed by atoms with Gasteiger partial charge in [0.25, 0.3) is 5.91 Å². The minimum Gasteiger partial charge on any atom is -0.440 e. The fraction of sp³-hybridized carbons (Fsp3) is 0.615. The van der Waals surface area contributed by atoms with E-state index in [0.29, 0.717) is 5.92 Å². The molecule has 1 aromatic heterocycles. The lowest BCUT2D eigenvalue weighted by atomic mass is 9.77. The number of furan rings is 1. The molecule has 5 heteroatoms. The van der Waals surface area contributed by atoms with Gasteiger partial charge in [-0.25, -0.2) is 0 Å². The average molecular weight is 272 g/mol. The summed E-state index contributed by atoms with van der Waals surface area (Å²) in [6.07, 6.45) is 3.62. The Morgan fingerprint density at radius 3 is 2.72 bits per heavy atom. The Morgan fingerprint density at radius 2 is 2.22 bits per heavy atom. The molecule has 0 aliphatic heterocycles. The Hall–Kier alpha value is -1.00. The molecule has 1 saturated carbocycles. The lowest BCUT2D eigenvalue weighted by Gasteiger charge is -2.38. The molecule has 1 aromatic rings. The Kier molecular flexibility index (Phi) is 3.97. The van der Waals surface area contributed by atoms with Crippen LogP contribution in [0.25, 0.3) is 0 Å². The first kappa shape index (κ1) is 13.4. The van der Waals surface area contributed by atoms with Gasteiger partial charge in [0.2, 0.25) is 0 Å². The van der Waals surface area contributed by atoms with Gasteiger partial charge in [0.15, 0.2) is 11.0 Å². The van der Waals surface area contributed by atoms with Crippen LogP contribution in [0.3, 0.4) is 0 Å². The molecular formula is C13H18ClNO3. The van der Waals surface area contributed by atoms with E-state index in [2.05, 4.69) is 12.2 Å². The summed E-state index contributed by atoms with van der Waals surface area (Å²) >= 11 is 5.64. The van der Waals surface area contributed by atoms with Crippen molar-refractivity contribution in [3.05, 3.63) is 23.1 Å². The molecule has 1 aliphatic rings. The Balaban J connectivity index is 2.04. The summed E-state index contributed by atoms with van der Waals surface area (Å²) in [5.41, 5.74) is -0.511. The number of halogens is 1. The summed E-state index contributed by atoms with van der Waals surface area (Å²) in [5, 5.41) is 12.6. The predicted octanol–water partition coefficient (Wildman–Crippen LogP) is 2.60. The molecule has 1 fully saturated rings. The number of carbonyl (C=O) groups is 1. The van der Waals surface area contributed by atoms with E-state index < -0.39 is 5.54 Å². The van der Waals surface area contributed by atoms with E-state index in [9.17, 15) is 9.90 Å². The molecule has 1 amide bonds. The largest absolute Gasteiger partial charge is 0.440 e. The third-order valence-corrected chi connectivity index (χ3v) is 3.91. The maximum atomic E-state index is 12.0. The van der Waals surface area contributed by atoms with E-state index in [-0.39, 0.29) is 23.5 Å². The van der Waals surface area contributed by atoms with E-state index in [1.54, 1.807) is 0 Å². The van der Waals surface area contributed by atoms with Gasteiger partial charge in [-0.3, -0.25) is 4.79 Å². The quantitative estimate of drug-likeness (QED) is 0.888. The summed E-state index contributed by atoms with van der Waals surface area (Å²) in [6, 6.07) is 3.07. The van der Waals surface area contributed by atoms with Crippen molar-refractivity contribution in [3.8, 4) is 0 Å². The highest BCUT2D eigenvalue weighted by Crippen LogP contribution is 2.32. The molecule has 1 heterocycles. The number of nitrogens with one attached hydrogen (secondary N) is 1. The van der Waals surface area contributed by atoms with Gasteiger partial charge in [0, 0.05) is 0 Å². The smallest absolute Gasteiger partial charge is 0.287 e. The molecule has 0 aromatic carbocycles. The fourth-order valence-corrected chi connectivity index (χ4v) is 2.52. The zero-order valence-corrected chi connectivity index (χ0v) is 11.2. The second kappa shape index (κ2) is 5.33. The van der Waals surface area contributed by atoms with Gasteiger partial charge >= 0.3 is 0 Å². The number of hydrogen-bond donors (Lipinski definition) is 2. The molecule has 0 radical (unpaired) electrons. The van der Waals surface area contributed by atoms with Gasteiger partial charge in [-0.15, -0.1) is 0 Å². The molecule has 0 unspecified atom stereocenters. The molecule has 0 saturated heterocycles. The fourth-order valence-electron chi connectivity index (χ4n) is 2.38. The maximum Gasteiger partial charge on any atom is 0.287 e. The third kappa shape index (κ3) is 2.87. The summed E-state index contributed by atoms with van der Waals surface area (Å²) in [6.45, 7) is 2.15. The van der Waals surface area contributed by atoms with Crippen LogP contribution in [-0.4, -0.2) is 23.2 Å². The minimum absolute atomic E-state index is 0.0418. The van der Waals surface area contributed by atoms with Crippen molar-refractivity contribution >= 4 is 17.5 Å². The zero-order valence-electron chi connectivity index (χ0n) is 10.4. The molecule has 0 atom stereocenters. The zero-order chi connectivity index (χ0) is 13.2. The van der Waals surface area contributed by atoms with Gasteiger partial charge < -0.3 is 14.8 Å². The number of aliphatic hydroxyl groups excluding tert-OH is 1. The second-order valence-electron chi connectivity index (χ2n) is 5.18. The average Bonchev–Trinajstić information content (AvgIpc) is 2.79. The number of aliphatic hydroxyl groups is 1. The monoisotopic (exact) mass is 271 g/mol. The maximum absolute atomic E-state index is 12.0. The molecular weight excluding hydrogens is 254 g/mol. The second-order valence-corrected chi connectivity index (χ2v) is 5.55. The standard InChI is InChI=1S/C13H18ClNO3/c1-9-4-6-13(8-16,7-5-9)15-12(17)10-2-3-11(14)18-10/h2-3,9,16H,4-8H2,1H3,(H,15,17). The van der Waals surface area contributed by atoms with Crippen LogP contribution in [0.1, 0.15) is 43.2 Å². The lowest BCUT2D eigenvalue weighted by Crippen LogP contribution is -2.53. The number of amides is 1. The molecule has 0 bridgehead atoms. The Labute approximate surface area is 111 Å². The highest BCUT2D eigenvalue weighted by molar-refractivity contribution is 6.29. The van der Waals surface area contributed by atoms with Crippen molar-refractivity contribution in [2.75, 3.05) is 6.61 Å². The van der Waals surface area contributed by atoms with Crippen LogP contribution in [0.15, 0.2) is 16.5 Å². The van der Waals surface area contributed by atoms with E-state index >= 15 is 0 Å². The highest BCUT2D eigenvalue weighted by Gasteiger charge is 2.35. The molecule has 0 spiro atoms. The first-order valence-electron chi connectivity index (χ1n) is 6.23. The number of carbonyl (C=O) groups excluding carboxylic acids is 1. The van der Waals surface area contributed by atoms with E-state index in [0.717, 1.165) is 25.7 Å². The van der Waals surface area contributed by atoms with Crippen LogP contribution in [0, 0.1) is 5.92 Å². The number of rotatable bonds is 3. The van der Waals surface area contributed by atoms with Crippen molar-refractivity contribution in [1.29, 1.82) is 0 Å². The van der Waals surface area contributed by atoms with Crippen LogP contribution < -0.4 is 5.32 Å². The Bertz CT molecular complexity index is 422. The van der Waals surface area contributed by atoms with E-state index in [4.69, 9.17) is 16.0 Å². The van der Waals surface area contributed by atoms with Crippen molar-refractivity contribution in [1.82, 2.24) is 5.32 Å². The Morgan fingerprint density at radius 1 is 1.56 bits per heavy atom. The molecule has 100 valence electrons. The molecule has 2 N–H and O–H groups in total. The van der Waals surface area contributed by atoms with Crippen LogP contribution in [-0.2, 0) is 0 Å². The third-order valence-electron chi connectivity index (χ3n) is 3.71. The van der Waals surface area contributed by atoms with Crippen molar-refractivity contribution < 1.29 is 14.3 Å². The summed E-state index contributed by atoms with van der Waals surface area (Å²) in [5.74, 6) is 0.525. The van der Waals surface area contributed by atoms with Crippen LogP contribution in [0.5, 0.6) is 0 Å². The van der Waals surface area contributed by atoms with Gasteiger partial charge in [-0.2, -0.15) is 0 Å². The van der Waals surface area contributed by atoms with Crippen LogP contribution in [0.4, 0.5) is 0 Å². The van der Waals surface area contributed by atoms with Crippen molar-refractivity contribution in [2.24, 2.45) is 5.92 Å². The molecule has 1 aliphatic carbocycles. The molecule has 2 rings (SSSR count). The highest BCUT2D eigenvalue weighted by atomic mass is 35.5. The summed E-state index contributed by atoms with van der Waals surface area (Å²) < 4.78 is 5.07. The van der Waals surface area contributed by atoms with Gasteiger partial charge in [-0.1, -0.05) is 6.92 Å².